The van der Waals surface area contributed by atoms with E-state index in [0.717, 1.165) is 12.0 Å². The predicted octanol–water partition coefficient (Wildman–Crippen LogP) is 5.04. The molecular weight excluding hydrogens is 412 g/mol. The summed E-state index contributed by atoms with van der Waals surface area (Å²) >= 11 is 0. The second kappa shape index (κ2) is 9.36. The minimum atomic E-state index is -4.93. The largest absolute Gasteiger partial charge is 0.416 e. The monoisotopic (exact) mass is 435 g/mol. The maximum Gasteiger partial charge on any atom is 0.416 e. The molecule has 166 valence electrons. The molecule has 30 heavy (non-hydrogen) atoms. The van der Waals surface area contributed by atoms with Crippen LogP contribution >= 0.6 is 0 Å². The average Bonchev–Trinajstić information content (AvgIpc) is 2.66. The van der Waals surface area contributed by atoms with Gasteiger partial charge in [-0.2, -0.15) is 26.3 Å². The Morgan fingerprint density at radius 2 is 1.37 bits per heavy atom. The normalized spacial score (nSPS) is 14.6. The summed E-state index contributed by atoms with van der Waals surface area (Å²) < 4.78 is 83.2. The molecule has 3 nitrogen and oxygen atoms in total. The van der Waals surface area contributed by atoms with E-state index in [2.05, 4.69) is 0 Å². The molecule has 2 rings (SSSR count). The van der Waals surface area contributed by atoms with Gasteiger partial charge in [-0.05, 0) is 54.3 Å². The van der Waals surface area contributed by atoms with Gasteiger partial charge >= 0.3 is 12.4 Å². The maximum absolute atomic E-state index is 13.0. The summed E-state index contributed by atoms with van der Waals surface area (Å²) in [6.45, 7) is 1.20. The minimum Gasteiger partial charge on any atom is -0.383 e. The zero-order valence-corrected chi connectivity index (χ0v) is 16.3. The molecule has 0 aliphatic heterocycles. The van der Waals surface area contributed by atoms with Gasteiger partial charge in [-0.1, -0.05) is 31.2 Å². The van der Waals surface area contributed by atoms with Crippen LogP contribution in [-0.2, 0) is 35.7 Å². The Kier molecular flexibility index (Phi) is 7.54. The molecule has 2 aromatic rings. The van der Waals surface area contributed by atoms with Crippen molar-refractivity contribution in [3.8, 4) is 0 Å². The zero-order chi connectivity index (χ0) is 22.6. The first-order valence-corrected chi connectivity index (χ1v) is 9.27. The molecule has 2 aromatic carbocycles. The van der Waals surface area contributed by atoms with Crippen LogP contribution in [0.15, 0.2) is 42.5 Å². The molecule has 1 atom stereocenters. The van der Waals surface area contributed by atoms with Crippen molar-refractivity contribution in [3.63, 3.8) is 0 Å². The fourth-order valence-corrected chi connectivity index (χ4v) is 3.03. The number of aryl methyl sites for hydroxylation is 1. The Morgan fingerprint density at radius 3 is 1.80 bits per heavy atom. The van der Waals surface area contributed by atoms with Crippen molar-refractivity contribution in [3.05, 3.63) is 70.3 Å². The number of ether oxygens (including phenoxy) is 1. The van der Waals surface area contributed by atoms with Gasteiger partial charge in [-0.25, -0.2) is 0 Å². The molecule has 0 saturated carbocycles. The van der Waals surface area contributed by atoms with Crippen molar-refractivity contribution in [2.75, 3.05) is 13.2 Å². The zero-order valence-electron chi connectivity index (χ0n) is 16.3. The summed E-state index contributed by atoms with van der Waals surface area (Å²) in [5.74, 6) is 0. The lowest BCUT2D eigenvalue weighted by atomic mass is 9.90. The smallest absolute Gasteiger partial charge is 0.383 e. The molecule has 0 fully saturated rings. The third kappa shape index (κ3) is 6.20. The lowest BCUT2D eigenvalue weighted by Crippen LogP contribution is -2.34. The molecular formula is C21H23F6NO2. The van der Waals surface area contributed by atoms with Gasteiger partial charge in [0.1, 0.15) is 5.60 Å². The summed E-state index contributed by atoms with van der Waals surface area (Å²) in [7, 11) is 0. The molecule has 9 heteroatoms. The number of hydrogen-bond acceptors (Lipinski definition) is 3. The van der Waals surface area contributed by atoms with Gasteiger partial charge in [0.05, 0.1) is 24.3 Å². The van der Waals surface area contributed by atoms with Crippen LogP contribution < -0.4 is 5.73 Å². The van der Waals surface area contributed by atoms with Crippen LogP contribution in [0.5, 0.6) is 0 Å². The van der Waals surface area contributed by atoms with Crippen LogP contribution in [0, 0.1) is 0 Å². The van der Waals surface area contributed by atoms with E-state index >= 15 is 0 Å². The lowest BCUT2D eigenvalue weighted by molar-refractivity contribution is -0.143. The Balaban J connectivity index is 2.21. The first-order chi connectivity index (χ1) is 13.9. The van der Waals surface area contributed by atoms with Gasteiger partial charge < -0.3 is 15.6 Å². The second-order valence-electron chi connectivity index (χ2n) is 7.03. The SMILES string of the molecule is CCc1ccc(C(O)(CCN)COCc2cc(C(F)(F)F)cc(C(F)(F)F)c2)cc1. The fraction of sp³-hybridized carbons (Fsp3) is 0.429. The Morgan fingerprint density at radius 1 is 0.833 bits per heavy atom. The van der Waals surface area contributed by atoms with Gasteiger partial charge in [0.15, 0.2) is 0 Å². The minimum absolute atomic E-state index is 0.0591. The van der Waals surface area contributed by atoms with E-state index in [1.165, 1.54) is 0 Å². The molecule has 1 unspecified atom stereocenters. The van der Waals surface area contributed by atoms with Gasteiger partial charge in [0.2, 0.25) is 0 Å². The molecule has 0 bridgehead atoms. The quantitative estimate of drug-likeness (QED) is 0.572. The van der Waals surface area contributed by atoms with Crippen molar-refractivity contribution < 1.29 is 36.2 Å². The fourth-order valence-electron chi connectivity index (χ4n) is 3.03. The van der Waals surface area contributed by atoms with E-state index < -0.39 is 35.7 Å². The molecule has 0 aliphatic carbocycles. The molecule has 0 radical (unpaired) electrons. The summed E-state index contributed by atoms with van der Waals surface area (Å²) in [5, 5.41) is 10.9. The summed E-state index contributed by atoms with van der Waals surface area (Å²) in [4.78, 5) is 0. The van der Waals surface area contributed by atoms with Gasteiger partial charge in [-0.15, -0.1) is 0 Å². The average molecular weight is 435 g/mol. The number of alkyl halides is 6. The highest BCUT2D eigenvalue weighted by atomic mass is 19.4. The highest BCUT2D eigenvalue weighted by Crippen LogP contribution is 2.36. The van der Waals surface area contributed by atoms with Crippen LogP contribution in [0.4, 0.5) is 26.3 Å². The molecule has 0 heterocycles. The molecule has 0 aliphatic rings. The summed E-state index contributed by atoms with van der Waals surface area (Å²) in [6, 6.07) is 8.30. The first kappa shape index (κ1) is 24.2. The maximum atomic E-state index is 13.0. The van der Waals surface area contributed by atoms with Crippen LogP contribution in [0.3, 0.4) is 0 Å². The molecule has 0 aromatic heterocycles. The van der Waals surface area contributed by atoms with Crippen molar-refractivity contribution in [1.29, 1.82) is 0 Å². The number of rotatable bonds is 8. The topological polar surface area (TPSA) is 55.5 Å². The van der Waals surface area contributed by atoms with Gasteiger partial charge in [-0.3, -0.25) is 0 Å². The van der Waals surface area contributed by atoms with Crippen LogP contribution in [0.1, 0.15) is 41.2 Å². The number of benzene rings is 2. The molecule has 0 saturated heterocycles. The number of aliphatic hydroxyl groups is 1. The first-order valence-electron chi connectivity index (χ1n) is 9.27. The predicted molar refractivity (Wildman–Crippen MR) is 99.5 cm³/mol. The molecule has 0 spiro atoms. The van der Waals surface area contributed by atoms with Gasteiger partial charge in [0, 0.05) is 0 Å². The van der Waals surface area contributed by atoms with Crippen molar-refractivity contribution in [1.82, 2.24) is 0 Å². The highest BCUT2D eigenvalue weighted by molar-refractivity contribution is 5.33. The molecule has 0 amide bonds. The summed E-state index contributed by atoms with van der Waals surface area (Å²) in [5.41, 5.74) is 2.46. The number of hydrogen-bond donors (Lipinski definition) is 2. The lowest BCUT2D eigenvalue weighted by Gasteiger charge is -2.28. The van der Waals surface area contributed by atoms with E-state index in [0.29, 0.717) is 17.7 Å². The Hall–Kier alpha value is -2.10. The molecule has 3 N–H and O–H groups in total. The second-order valence-corrected chi connectivity index (χ2v) is 7.03. The standard InChI is InChI=1S/C21H23F6NO2/c1-2-14-3-5-16(6-4-14)19(29,7-8-28)13-30-12-15-9-17(20(22,23)24)11-18(10-15)21(25,26)27/h3-6,9-11,29H,2,7-8,12-13,28H2,1H3. The third-order valence-electron chi connectivity index (χ3n) is 4.71. The third-order valence-corrected chi connectivity index (χ3v) is 4.71. The van der Waals surface area contributed by atoms with E-state index in [4.69, 9.17) is 10.5 Å². The van der Waals surface area contributed by atoms with Crippen LogP contribution in [0.2, 0.25) is 0 Å². The van der Waals surface area contributed by atoms with E-state index in [1.54, 1.807) is 12.1 Å². The number of halogens is 6. The van der Waals surface area contributed by atoms with Crippen LogP contribution in [-0.4, -0.2) is 18.3 Å². The Labute approximate surface area is 170 Å². The van der Waals surface area contributed by atoms with Crippen molar-refractivity contribution >= 4 is 0 Å². The Bertz CT molecular complexity index is 801. The van der Waals surface area contributed by atoms with E-state index in [1.807, 2.05) is 19.1 Å². The number of nitrogens with two attached hydrogens (primary N) is 1. The van der Waals surface area contributed by atoms with Crippen molar-refractivity contribution in [2.45, 2.75) is 44.3 Å². The van der Waals surface area contributed by atoms with Crippen LogP contribution in [0.25, 0.3) is 0 Å². The van der Waals surface area contributed by atoms with Gasteiger partial charge in [0.25, 0.3) is 0 Å². The van der Waals surface area contributed by atoms with E-state index in [9.17, 15) is 31.4 Å². The highest BCUT2D eigenvalue weighted by Gasteiger charge is 2.37. The van der Waals surface area contributed by atoms with Crippen molar-refractivity contribution in [2.24, 2.45) is 5.73 Å². The van der Waals surface area contributed by atoms with E-state index in [-0.39, 0.29) is 31.2 Å². The summed E-state index contributed by atoms with van der Waals surface area (Å²) in [6.07, 6.45) is -8.97.